The third kappa shape index (κ3) is 9.22. The molecule has 1 amide bonds. The second-order valence-corrected chi connectivity index (χ2v) is 7.46. The van der Waals surface area contributed by atoms with E-state index in [9.17, 15) is 4.79 Å². The van der Waals surface area contributed by atoms with Gasteiger partial charge in [-0.05, 0) is 31.9 Å². The summed E-state index contributed by atoms with van der Waals surface area (Å²) in [4.78, 5) is 12.1. The van der Waals surface area contributed by atoms with Crippen molar-refractivity contribution in [2.24, 2.45) is 0 Å². The van der Waals surface area contributed by atoms with E-state index in [2.05, 4.69) is 22.8 Å². The summed E-state index contributed by atoms with van der Waals surface area (Å²) in [5, 5.41) is 6.27. The highest BCUT2D eigenvalue weighted by Gasteiger charge is 2.19. The molecule has 5 heteroatoms. The lowest BCUT2D eigenvalue weighted by atomic mass is 10.2. The van der Waals surface area contributed by atoms with Crippen molar-refractivity contribution in [3.63, 3.8) is 0 Å². The third-order valence-corrected chi connectivity index (χ3v) is 3.71. The van der Waals surface area contributed by atoms with Crippen LogP contribution in [0.3, 0.4) is 0 Å². The molecule has 27 heavy (non-hydrogen) atoms. The predicted molar refractivity (Wildman–Crippen MR) is 107 cm³/mol. The van der Waals surface area contributed by atoms with Gasteiger partial charge in [-0.2, -0.15) is 0 Å². The minimum atomic E-state index is -0.531. The first-order chi connectivity index (χ1) is 12.9. The summed E-state index contributed by atoms with van der Waals surface area (Å²) in [5.74, 6) is 0. The molecule has 0 saturated carbocycles. The molecule has 0 aliphatic heterocycles. The third-order valence-electron chi connectivity index (χ3n) is 3.71. The lowest BCUT2D eigenvalue weighted by Crippen LogP contribution is -2.46. The molecule has 2 aromatic rings. The van der Waals surface area contributed by atoms with Crippen LogP contribution in [0.25, 0.3) is 0 Å². The summed E-state index contributed by atoms with van der Waals surface area (Å²) in [5.41, 5.74) is 1.77. The zero-order valence-electron chi connectivity index (χ0n) is 16.4. The molecule has 2 aromatic carbocycles. The Bertz CT molecular complexity index is 623. The topological polar surface area (TPSA) is 59.6 Å². The normalized spacial score (nSPS) is 12.4. The molecule has 1 atom stereocenters. The molecular weight excluding hydrogens is 340 g/mol. The molecule has 0 aliphatic rings. The van der Waals surface area contributed by atoms with E-state index >= 15 is 0 Å². The number of rotatable bonds is 9. The molecule has 0 spiro atoms. The van der Waals surface area contributed by atoms with Gasteiger partial charge in [0.1, 0.15) is 5.60 Å². The Hall–Kier alpha value is -2.37. The Morgan fingerprint density at radius 3 is 2.15 bits per heavy atom. The number of carbonyl (C=O) groups is 1. The zero-order chi connectivity index (χ0) is 19.5. The maximum absolute atomic E-state index is 12.1. The predicted octanol–water partition coefficient (Wildman–Crippen LogP) is 3.89. The number of alkyl carbamates (subject to hydrolysis) is 1. The van der Waals surface area contributed by atoms with Gasteiger partial charge in [-0.15, -0.1) is 0 Å². The molecule has 0 aliphatic carbocycles. The zero-order valence-corrected chi connectivity index (χ0v) is 16.4. The number of benzene rings is 2. The molecule has 0 radical (unpaired) electrons. The van der Waals surface area contributed by atoms with E-state index in [1.807, 2.05) is 69.3 Å². The maximum Gasteiger partial charge on any atom is 0.407 e. The van der Waals surface area contributed by atoms with Gasteiger partial charge in [-0.25, -0.2) is 4.79 Å². The molecule has 0 aromatic heterocycles. The van der Waals surface area contributed by atoms with Crippen molar-refractivity contribution in [1.82, 2.24) is 10.6 Å². The first-order valence-corrected chi connectivity index (χ1v) is 9.28. The minimum absolute atomic E-state index is 0.188. The van der Waals surface area contributed by atoms with Crippen LogP contribution in [0.5, 0.6) is 0 Å². The molecule has 2 N–H and O–H groups in total. The van der Waals surface area contributed by atoms with Gasteiger partial charge in [0.05, 0.1) is 19.3 Å². The molecule has 0 bridgehead atoms. The van der Waals surface area contributed by atoms with Crippen LogP contribution in [0.1, 0.15) is 31.9 Å². The molecule has 0 saturated heterocycles. The van der Waals surface area contributed by atoms with E-state index in [4.69, 9.17) is 9.47 Å². The first-order valence-electron chi connectivity index (χ1n) is 9.28. The Morgan fingerprint density at radius 1 is 0.963 bits per heavy atom. The lowest BCUT2D eigenvalue weighted by Gasteiger charge is -2.24. The van der Waals surface area contributed by atoms with Gasteiger partial charge < -0.3 is 20.1 Å². The summed E-state index contributed by atoms with van der Waals surface area (Å²) in [6.45, 7) is 7.76. The molecule has 146 valence electrons. The summed E-state index contributed by atoms with van der Waals surface area (Å²) in [6, 6.07) is 19.9. The van der Waals surface area contributed by atoms with Crippen molar-refractivity contribution < 1.29 is 14.3 Å². The van der Waals surface area contributed by atoms with Crippen molar-refractivity contribution in [2.45, 2.75) is 45.6 Å². The Kier molecular flexibility index (Phi) is 8.30. The number of carbonyl (C=O) groups excluding carboxylic acids is 1. The van der Waals surface area contributed by atoms with Gasteiger partial charge in [-0.3, -0.25) is 0 Å². The number of nitrogens with one attached hydrogen (secondary N) is 2. The van der Waals surface area contributed by atoms with Crippen LogP contribution in [-0.2, 0) is 22.6 Å². The van der Waals surface area contributed by atoms with E-state index in [0.717, 1.165) is 12.1 Å². The van der Waals surface area contributed by atoms with Crippen molar-refractivity contribution in [1.29, 1.82) is 0 Å². The minimum Gasteiger partial charge on any atom is -0.444 e. The molecular formula is C22H30N2O3. The average molecular weight is 370 g/mol. The Morgan fingerprint density at radius 2 is 1.56 bits per heavy atom. The average Bonchev–Trinajstić information content (AvgIpc) is 2.62. The van der Waals surface area contributed by atoms with E-state index in [-0.39, 0.29) is 6.04 Å². The highest BCUT2D eigenvalue weighted by Crippen LogP contribution is 2.07. The van der Waals surface area contributed by atoms with Crippen LogP contribution >= 0.6 is 0 Å². The van der Waals surface area contributed by atoms with E-state index in [1.165, 1.54) is 5.56 Å². The lowest BCUT2D eigenvalue weighted by molar-refractivity contribution is 0.0428. The SMILES string of the molecule is CC(C)(C)OC(=O)NC(CNCc1ccccc1)COCc1ccccc1. The van der Waals surface area contributed by atoms with Gasteiger partial charge in [0.25, 0.3) is 0 Å². The number of amides is 1. The molecule has 5 nitrogen and oxygen atoms in total. The maximum atomic E-state index is 12.1. The Balaban J connectivity index is 1.83. The summed E-state index contributed by atoms with van der Waals surface area (Å²) < 4.78 is 11.2. The van der Waals surface area contributed by atoms with Crippen LogP contribution in [0.2, 0.25) is 0 Å². The molecule has 2 rings (SSSR count). The Labute approximate surface area is 162 Å². The van der Waals surface area contributed by atoms with Crippen molar-refractivity contribution in [3.05, 3.63) is 71.8 Å². The largest absolute Gasteiger partial charge is 0.444 e. The van der Waals surface area contributed by atoms with E-state index in [1.54, 1.807) is 0 Å². The van der Waals surface area contributed by atoms with E-state index < -0.39 is 11.7 Å². The van der Waals surface area contributed by atoms with Gasteiger partial charge in [0, 0.05) is 13.1 Å². The second kappa shape index (κ2) is 10.7. The number of hydrogen-bond donors (Lipinski definition) is 2. The van der Waals surface area contributed by atoms with Crippen LogP contribution in [0.15, 0.2) is 60.7 Å². The summed E-state index contributed by atoms with van der Waals surface area (Å²) in [6.07, 6.45) is -0.433. The summed E-state index contributed by atoms with van der Waals surface area (Å²) in [7, 11) is 0. The fourth-order valence-electron chi connectivity index (χ4n) is 2.51. The van der Waals surface area contributed by atoms with Crippen LogP contribution in [0, 0.1) is 0 Å². The van der Waals surface area contributed by atoms with Gasteiger partial charge in [0.2, 0.25) is 0 Å². The second-order valence-electron chi connectivity index (χ2n) is 7.46. The standard InChI is InChI=1S/C22H30N2O3/c1-22(2,3)27-21(25)24-20(15-23-14-18-10-6-4-7-11-18)17-26-16-19-12-8-5-9-13-19/h4-13,20,23H,14-17H2,1-3H3,(H,24,25). The van der Waals surface area contributed by atoms with E-state index in [0.29, 0.717) is 19.8 Å². The quantitative estimate of drug-likeness (QED) is 0.703. The van der Waals surface area contributed by atoms with Gasteiger partial charge >= 0.3 is 6.09 Å². The van der Waals surface area contributed by atoms with Crippen molar-refractivity contribution in [3.8, 4) is 0 Å². The van der Waals surface area contributed by atoms with Gasteiger partial charge in [0.15, 0.2) is 0 Å². The fourth-order valence-corrected chi connectivity index (χ4v) is 2.51. The highest BCUT2D eigenvalue weighted by atomic mass is 16.6. The smallest absolute Gasteiger partial charge is 0.407 e. The highest BCUT2D eigenvalue weighted by molar-refractivity contribution is 5.68. The fraction of sp³-hybridized carbons (Fsp3) is 0.409. The first kappa shape index (κ1) is 20.9. The monoisotopic (exact) mass is 370 g/mol. The van der Waals surface area contributed by atoms with Crippen LogP contribution in [-0.4, -0.2) is 30.9 Å². The molecule has 0 fully saturated rings. The molecule has 0 heterocycles. The number of ether oxygens (including phenoxy) is 2. The van der Waals surface area contributed by atoms with Crippen LogP contribution < -0.4 is 10.6 Å². The van der Waals surface area contributed by atoms with Gasteiger partial charge in [-0.1, -0.05) is 60.7 Å². The summed E-state index contributed by atoms with van der Waals surface area (Å²) >= 11 is 0. The number of hydrogen-bond acceptors (Lipinski definition) is 4. The van der Waals surface area contributed by atoms with Crippen molar-refractivity contribution >= 4 is 6.09 Å². The van der Waals surface area contributed by atoms with Crippen LogP contribution in [0.4, 0.5) is 4.79 Å². The van der Waals surface area contributed by atoms with Crippen molar-refractivity contribution in [2.75, 3.05) is 13.2 Å². The molecule has 1 unspecified atom stereocenters.